The highest BCUT2D eigenvalue weighted by Gasteiger charge is 2.18. The predicted molar refractivity (Wildman–Crippen MR) is 87.0 cm³/mol. The summed E-state index contributed by atoms with van der Waals surface area (Å²) in [4.78, 5) is 6.88. The van der Waals surface area contributed by atoms with Crippen LogP contribution in [0.2, 0.25) is 0 Å². The van der Waals surface area contributed by atoms with E-state index >= 15 is 0 Å². The van der Waals surface area contributed by atoms with E-state index < -0.39 is 0 Å². The number of rotatable bonds is 2. The summed E-state index contributed by atoms with van der Waals surface area (Å²) in [6.45, 7) is 11.7. The van der Waals surface area contributed by atoms with E-state index in [1.165, 1.54) is 5.69 Å². The zero-order valence-corrected chi connectivity index (χ0v) is 13.6. The highest BCUT2D eigenvalue weighted by Crippen LogP contribution is 2.21. The fourth-order valence-electron chi connectivity index (χ4n) is 2.57. The molecule has 0 saturated carbocycles. The van der Waals surface area contributed by atoms with Gasteiger partial charge in [-0.15, -0.1) is 0 Å². The van der Waals surface area contributed by atoms with Crippen LogP contribution in [0.15, 0.2) is 30.5 Å². The van der Waals surface area contributed by atoms with Crippen molar-refractivity contribution in [1.82, 2.24) is 19.7 Å². The second kappa shape index (κ2) is 7.36. The maximum atomic E-state index is 4.70. The zero-order valence-electron chi connectivity index (χ0n) is 13.6. The fraction of sp³-hybridized carbons (Fsp3) is 0.529. The van der Waals surface area contributed by atoms with Crippen LogP contribution in [0, 0.1) is 0 Å². The number of pyridine rings is 1. The van der Waals surface area contributed by atoms with Crippen molar-refractivity contribution >= 4 is 0 Å². The molecule has 3 rings (SSSR count). The Morgan fingerprint density at radius 3 is 2.57 bits per heavy atom. The van der Waals surface area contributed by atoms with Crippen molar-refractivity contribution in [2.24, 2.45) is 0 Å². The largest absolute Gasteiger partial charge is 0.295 e. The van der Waals surface area contributed by atoms with E-state index in [9.17, 15) is 0 Å². The lowest BCUT2D eigenvalue weighted by molar-refractivity contribution is 0.216. The van der Waals surface area contributed by atoms with Crippen LogP contribution in [-0.2, 0) is 13.1 Å². The number of aryl methyl sites for hydroxylation is 1. The predicted octanol–water partition coefficient (Wildman–Crippen LogP) is 3.59. The molecule has 0 fully saturated rings. The summed E-state index contributed by atoms with van der Waals surface area (Å²) in [5, 5.41) is 4.70. The second-order valence-corrected chi connectivity index (χ2v) is 5.38. The second-order valence-electron chi connectivity index (χ2n) is 5.38. The molecule has 114 valence electrons. The molecule has 1 aliphatic heterocycles. The van der Waals surface area contributed by atoms with Crippen molar-refractivity contribution in [1.29, 1.82) is 0 Å². The summed E-state index contributed by atoms with van der Waals surface area (Å²) in [5.74, 6) is 0. The average Bonchev–Trinajstić information content (AvgIpc) is 2.82. The number of nitrogens with zero attached hydrogens (tertiary/aromatic N) is 4. The Morgan fingerprint density at radius 2 is 1.90 bits per heavy atom. The van der Waals surface area contributed by atoms with Crippen LogP contribution in [-0.4, -0.2) is 32.3 Å². The van der Waals surface area contributed by atoms with Crippen LogP contribution < -0.4 is 0 Å². The van der Waals surface area contributed by atoms with Crippen molar-refractivity contribution in [2.45, 2.75) is 53.2 Å². The summed E-state index contributed by atoms with van der Waals surface area (Å²) < 4.78 is 2.15. The molecule has 4 nitrogen and oxygen atoms in total. The first kappa shape index (κ1) is 15.7. The van der Waals surface area contributed by atoms with E-state index in [2.05, 4.69) is 34.5 Å². The standard InChI is InChI=1S/C15H20N4.C2H6/c1-12(2)18-8-5-9-19-13(11-18)10-15(17-19)14-6-3-4-7-16-14;1-2/h3-4,6-7,10,12H,5,8-9,11H2,1-2H3;1-2H3. The first-order valence-corrected chi connectivity index (χ1v) is 7.96. The van der Waals surface area contributed by atoms with Crippen molar-refractivity contribution in [2.75, 3.05) is 6.54 Å². The van der Waals surface area contributed by atoms with E-state index in [1.54, 1.807) is 0 Å². The molecule has 0 aromatic carbocycles. The Balaban J connectivity index is 0.000000774. The smallest absolute Gasteiger partial charge is 0.111 e. The van der Waals surface area contributed by atoms with Crippen molar-refractivity contribution in [3.8, 4) is 11.4 Å². The minimum Gasteiger partial charge on any atom is -0.295 e. The number of hydrogen-bond donors (Lipinski definition) is 0. The third-order valence-electron chi connectivity index (χ3n) is 3.70. The number of fused-ring (bicyclic) bond motifs is 1. The Kier molecular flexibility index (Phi) is 5.51. The van der Waals surface area contributed by atoms with Crippen LogP contribution in [0.5, 0.6) is 0 Å². The Hall–Kier alpha value is -1.68. The highest BCUT2D eigenvalue weighted by molar-refractivity contribution is 5.53. The molecule has 0 spiro atoms. The molecule has 0 amide bonds. The summed E-state index contributed by atoms with van der Waals surface area (Å²) in [6, 6.07) is 8.73. The molecule has 0 atom stereocenters. The van der Waals surface area contributed by atoms with Gasteiger partial charge in [0.2, 0.25) is 0 Å². The number of aromatic nitrogens is 3. The van der Waals surface area contributed by atoms with Gasteiger partial charge in [-0.3, -0.25) is 14.6 Å². The molecule has 3 heterocycles. The van der Waals surface area contributed by atoms with E-state index in [0.717, 1.165) is 37.4 Å². The van der Waals surface area contributed by atoms with Gasteiger partial charge in [0.25, 0.3) is 0 Å². The Labute approximate surface area is 127 Å². The molecule has 2 aromatic rings. The normalized spacial score (nSPS) is 15.1. The van der Waals surface area contributed by atoms with E-state index in [-0.39, 0.29) is 0 Å². The molecule has 21 heavy (non-hydrogen) atoms. The van der Waals surface area contributed by atoms with Gasteiger partial charge in [0.15, 0.2) is 0 Å². The maximum absolute atomic E-state index is 4.70. The van der Waals surface area contributed by atoms with E-state index in [0.29, 0.717) is 6.04 Å². The first-order chi connectivity index (χ1) is 10.2. The summed E-state index contributed by atoms with van der Waals surface area (Å²) in [7, 11) is 0. The van der Waals surface area contributed by atoms with Gasteiger partial charge >= 0.3 is 0 Å². The fourth-order valence-corrected chi connectivity index (χ4v) is 2.57. The highest BCUT2D eigenvalue weighted by atomic mass is 15.3. The van der Waals surface area contributed by atoms with Crippen molar-refractivity contribution in [3.05, 3.63) is 36.2 Å². The lowest BCUT2D eigenvalue weighted by Crippen LogP contribution is -2.30. The molecule has 0 N–H and O–H groups in total. The summed E-state index contributed by atoms with van der Waals surface area (Å²) in [6.07, 6.45) is 2.98. The van der Waals surface area contributed by atoms with E-state index in [4.69, 9.17) is 5.10 Å². The van der Waals surface area contributed by atoms with Gasteiger partial charge in [-0.2, -0.15) is 5.10 Å². The van der Waals surface area contributed by atoms with Crippen LogP contribution in [0.25, 0.3) is 11.4 Å². The van der Waals surface area contributed by atoms with Gasteiger partial charge < -0.3 is 0 Å². The SMILES string of the molecule is CC.CC(C)N1CCCn2nc(-c3ccccn3)cc2C1. The Morgan fingerprint density at radius 1 is 1.10 bits per heavy atom. The van der Waals surface area contributed by atoms with Gasteiger partial charge in [0.1, 0.15) is 5.69 Å². The molecule has 0 radical (unpaired) electrons. The van der Waals surface area contributed by atoms with Crippen LogP contribution in [0.1, 0.15) is 39.8 Å². The zero-order chi connectivity index (χ0) is 15.2. The number of hydrogen-bond acceptors (Lipinski definition) is 3. The van der Waals surface area contributed by atoms with Crippen molar-refractivity contribution in [3.63, 3.8) is 0 Å². The van der Waals surface area contributed by atoms with Crippen LogP contribution in [0.3, 0.4) is 0 Å². The van der Waals surface area contributed by atoms with Crippen LogP contribution >= 0.6 is 0 Å². The molecular weight excluding hydrogens is 260 g/mol. The summed E-state index contributed by atoms with van der Waals surface area (Å²) >= 11 is 0. The molecule has 2 aromatic heterocycles. The molecular formula is C17H26N4. The minimum atomic E-state index is 0.583. The Bertz CT molecular complexity index is 545. The topological polar surface area (TPSA) is 34.0 Å². The maximum Gasteiger partial charge on any atom is 0.111 e. The third kappa shape index (κ3) is 3.70. The van der Waals surface area contributed by atoms with Gasteiger partial charge in [-0.1, -0.05) is 19.9 Å². The molecule has 0 saturated heterocycles. The van der Waals surface area contributed by atoms with Crippen LogP contribution in [0.4, 0.5) is 0 Å². The molecule has 0 bridgehead atoms. The molecule has 4 heteroatoms. The lowest BCUT2D eigenvalue weighted by Gasteiger charge is -2.23. The van der Waals surface area contributed by atoms with Gasteiger partial charge in [0, 0.05) is 31.9 Å². The monoisotopic (exact) mass is 286 g/mol. The first-order valence-electron chi connectivity index (χ1n) is 7.96. The van der Waals surface area contributed by atoms with Crippen molar-refractivity contribution < 1.29 is 0 Å². The third-order valence-corrected chi connectivity index (χ3v) is 3.70. The quantitative estimate of drug-likeness (QED) is 0.846. The molecule has 0 unspecified atom stereocenters. The minimum absolute atomic E-state index is 0.583. The average molecular weight is 286 g/mol. The van der Waals surface area contributed by atoms with Gasteiger partial charge in [0.05, 0.1) is 11.4 Å². The summed E-state index contributed by atoms with van der Waals surface area (Å²) in [5.41, 5.74) is 3.24. The lowest BCUT2D eigenvalue weighted by atomic mass is 10.2. The van der Waals surface area contributed by atoms with Gasteiger partial charge in [-0.05, 0) is 38.5 Å². The van der Waals surface area contributed by atoms with Gasteiger partial charge in [-0.25, -0.2) is 0 Å². The van der Waals surface area contributed by atoms with E-state index in [1.807, 2.05) is 38.2 Å². The molecule has 1 aliphatic rings. The molecule has 0 aliphatic carbocycles.